The number of imidazole rings is 1. The lowest BCUT2D eigenvalue weighted by Crippen LogP contribution is -1.98. The van der Waals surface area contributed by atoms with Crippen LogP contribution in [-0.4, -0.2) is 37.8 Å². The summed E-state index contributed by atoms with van der Waals surface area (Å²) < 4.78 is 25.0. The highest BCUT2D eigenvalue weighted by molar-refractivity contribution is 6.15. The van der Waals surface area contributed by atoms with Gasteiger partial charge in [-0.2, -0.15) is 0 Å². The van der Waals surface area contributed by atoms with E-state index in [1.54, 1.807) is 28.4 Å². The van der Waals surface area contributed by atoms with Gasteiger partial charge in [0.2, 0.25) is 0 Å². The van der Waals surface area contributed by atoms with E-state index in [1.165, 1.54) is 0 Å². The average Bonchev–Trinajstić information content (AvgIpc) is 3.37. The van der Waals surface area contributed by atoms with Gasteiger partial charge in [0.25, 0.3) is 0 Å². The highest BCUT2D eigenvalue weighted by Crippen LogP contribution is 2.44. The zero-order chi connectivity index (χ0) is 25.5. The molecule has 0 spiro atoms. The first kappa shape index (κ1) is 22.7. The van der Waals surface area contributed by atoms with Crippen molar-refractivity contribution in [2.24, 2.45) is 0 Å². The van der Waals surface area contributed by atoms with E-state index in [1.807, 2.05) is 60.7 Å². The van der Waals surface area contributed by atoms with Gasteiger partial charge in [0, 0.05) is 28.0 Å². The molecule has 0 radical (unpaired) electrons. The number of ether oxygens (including phenoxy) is 4. The lowest BCUT2D eigenvalue weighted by molar-refractivity contribution is 0.355. The van der Waals surface area contributed by atoms with E-state index < -0.39 is 0 Å². The third-order valence-corrected chi connectivity index (χ3v) is 6.77. The summed E-state index contributed by atoms with van der Waals surface area (Å²) in [5.74, 6) is 2.58. The quantitative estimate of drug-likeness (QED) is 0.235. The zero-order valence-corrected chi connectivity index (χ0v) is 21.1. The van der Waals surface area contributed by atoms with Crippen LogP contribution in [0.3, 0.4) is 0 Å². The van der Waals surface area contributed by atoms with Gasteiger partial charge >= 0.3 is 0 Å². The van der Waals surface area contributed by atoms with E-state index in [9.17, 15) is 0 Å². The van der Waals surface area contributed by atoms with E-state index in [4.69, 9.17) is 23.9 Å². The molecule has 0 aliphatic heterocycles. The second-order valence-electron chi connectivity index (χ2n) is 8.68. The van der Waals surface area contributed by atoms with Crippen molar-refractivity contribution >= 4 is 27.3 Å². The number of benzene rings is 4. The smallest absolute Gasteiger partial charge is 0.162 e. The monoisotopic (exact) mass is 490 g/mol. The number of hydrogen-bond donors (Lipinski definition) is 0. The Balaban J connectivity index is 1.90. The minimum Gasteiger partial charge on any atom is -0.493 e. The Bertz CT molecular complexity index is 1760. The summed E-state index contributed by atoms with van der Waals surface area (Å²) >= 11 is 0. The molecule has 0 saturated carbocycles. The molecule has 2 aromatic heterocycles. The molecular formula is C31H26N2O4. The Morgan fingerprint density at radius 3 is 1.59 bits per heavy atom. The van der Waals surface area contributed by atoms with Crippen LogP contribution in [0.15, 0.2) is 84.9 Å². The van der Waals surface area contributed by atoms with Gasteiger partial charge in [-0.05, 0) is 23.6 Å². The van der Waals surface area contributed by atoms with Gasteiger partial charge in [0.15, 0.2) is 23.0 Å². The Kier molecular flexibility index (Phi) is 5.57. The lowest BCUT2D eigenvalue weighted by Gasteiger charge is -2.16. The van der Waals surface area contributed by atoms with Gasteiger partial charge in [0.1, 0.15) is 5.65 Å². The fraction of sp³-hybridized carbons (Fsp3) is 0.129. The van der Waals surface area contributed by atoms with Crippen LogP contribution in [0.2, 0.25) is 0 Å². The van der Waals surface area contributed by atoms with E-state index in [0.717, 1.165) is 49.8 Å². The van der Waals surface area contributed by atoms with Crippen molar-refractivity contribution in [3.8, 4) is 45.5 Å². The molecule has 0 bridgehead atoms. The second kappa shape index (κ2) is 9.06. The molecule has 37 heavy (non-hydrogen) atoms. The minimum absolute atomic E-state index is 0.641. The van der Waals surface area contributed by atoms with Crippen molar-refractivity contribution in [3.63, 3.8) is 0 Å². The number of rotatable bonds is 6. The standard InChI is InChI=1S/C31H26N2O4/c1-34-25-15-21-22-16-26(35-2)28(37-4)18-24(22)33-30(20-13-9-6-10-14-20)29(19-11-7-5-8-12-19)32-31(33)23(21)17-27(25)36-3/h5-18H,1-4H3. The van der Waals surface area contributed by atoms with Crippen molar-refractivity contribution < 1.29 is 18.9 Å². The average molecular weight is 491 g/mol. The van der Waals surface area contributed by atoms with Crippen LogP contribution in [-0.2, 0) is 0 Å². The van der Waals surface area contributed by atoms with Crippen molar-refractivity contribution in [2.75, 3.05) is 28.4 Å². The summed E-state index contributed by atoms with van der Waals surface area (Å²) in [7, 11) is 6.59. The van der Waals surface area contributed by atoms with E-state index >= 15 is 0 Å². The minimum atomic E-state index is 0.641. The third-order valence-electron chi connectivity index (χ3n) is 6.77. The molecular weight excluding hydrogens is 464 g/mol. The third kappa shape index (κ3) is 3.52. The normalized spacial score (nSPS) is 11.2. The van der Waals surface area contributed by atoms with Crippen molar-refractivity contribution in [3.05, 3.63) is 84.9 Å². The van der Waals surface area contributed by atoms with Gasteiger partial charge in [-0.1, -0.05) is 60.7 Å². The van der Waals surface area contributed by atoms with Crippen LogP contribution in [0, 0.1) is 0 Å². The summed E-state index contributed by atoms with van der Waals surface area (Å²) in [6, 6.07) is 28.6. The molecule has 0 atom stereocenters. The fourth-order valence-electron chi connectivity index (χ4n) is 5.05. The molecule has 0 aliphatic carbocycles. The highest BCUT2D eigenvalue weighted by atomic mass is 16.5. The van der Waals surface area contributed by atoms with Crippen LogP contribution in [0.5, 0.6) is 23.0 Å². The molecule has 6 rings (SSSR count). The summed E-state index contributed by atoms with van der Waals surface area (Å²) in [4.78, 5) is 5.26. The molecule has 6 heteroatoms. The van der Waals surface area contributed by atoms with Crippen molar-refractivity contribution in [2.45, 2.75) is 0 Å². The maximum atomic E-state index is 5.72. The Hall–Kier alpha value is -4.71. The second-order valence-corrected chi connectivity index (χ2v) is 8.68. The molecule has 4 aromatic carbocycles. The molecule has 0 N–H and O–H groups in total. The Labute approximate surface area is 214 Å². The number of nitrogens with zero attached hydrogens (tertiary/aromatic N) is 2. The number of hydrogen-bond acceptors (Lipinski definition) is 5. The number of pyridine rings is 1. The predicted molar refractivity (Wildman–Crippen MR) is 147 cm³/mol. The van der Waals surface area contributed by atoms with Gasteiger partial charge in [-0.3, -0.25) is 4.40 Å². The van der Waals surface area contributed by atoms with E-state index in [-0.39, 0.29) is 0 Å². The fourth-order valence-corrected chi connectivity index (χ4v) is 5.05. The zero-order valence-electron chi connectivity index (χ0n) is 21.1. The van der Waals surface area contributed by atoms with Crippen LogP contribution in [0.1, 0.15) is 0 Å². The van der Waals surface area contributed by atoms with Gasteiger partial charge in [-0.25, -0.2) is 4.98 Å². The summed E-state index contributed by atoms with van der Waals surface area (Å²) in [6.45, 7) is 0. The van der Waals surface area contributed by atoms with Gasteiger partial charge in [-0.15, -0.1) is 0 Å². The molecule has 0 fully saturated rings. The topological polar surface area (TPSA) is 54.2 Å². The first-order valence-electron chi connectivity index (χ1n) is 11.9. The molecule has 6 nitrogen and oxygen atoms in total. The van der Waals surface area contributed by atoms with Crippen molar-refractivity contribution in [1.29, 1.82) is 0 Å². The van der Waals surface area contributed by atoms with Gasteiger partial charge in [0.05, 0.1) is 45.3 Å². The SMILES string of the molecule is COc1cc2c3cc(OC)c(OC)cc3n3c(-c4ccccc4)c(-c4ccccc4)nc3c2cc1OC. The Morgan fingerprint density at radius 2 is 1.03 bits per heavy atom. The molecule has 6 aromatic rings. The molecule has 0 saturated heterocycles. The highest BCUT2D eigenvalue weighted by Gasteiger charge is 2.23. The lowest BCUT2D eigenvalue weighted by atomic mass is 10.0. The molecule has 184 valence electrons. The maximum Gasteiger partial charge on any atom is 0.162 e. The van der Waals surface area contributed by atoms with Crippen LogP contribution >= 0.6 is 0 Å². The first-order chi connectivity index (χ1) is 18.2. The van der Waals surface area contributed by atoms with E-state index in [0.29, 0.717) is 23.0 Å². The molecule has 2 heterocycles. The number of aromatic nitrogens is 2. The molecule has 0 amide bonds. The summed E-state index contributed by atoms with van der Waals surface area (Å²) in [5.41, 5.74) is 5.74. The Morgan fingerprint density at radius 1 is 0.541 bits per heavy atom. The van der Waals surface area contributed by atoms with Crippen molar-refractivity contribution in [1.82, 2.24) is 9.38 Å². The van der Waals surface area contributed by atoms with Crippen LogP contribution in [0.25, 0.3) is 49.8 Å². The molecule has 0 unspecified atom stereocenters. The van der Waals surface area contributed by atoms with E-state index in [2.05, 4.69) is 28.7 Å². The first-order valence-corrected chi connectivity index (χ1v) is 11.9. The largest absolute Gasteiger partial charge is 0.493 e. The summed E-state index contributed by atoms with van der Waals surface area (Å²) in [5, 5.41) is 2.90. The molecule has 0 aliphatic rings. The van der Waals surface area contributed by atoms with Crippen LogP contribution in [0.4, 0.5) is 0 Å². The summed E-state index contributed by atoms with van der Waals surface area (Å²) in [6.07, 6.45) is 0. The predicted octanol–water partition coefficient (Wildman–Crippen LogP) is 7.01. The maximum absolute atomic E-state index is 5.72. The number of methoxy groups -OCH3 is 4. The number of fused-ring (bicyclic) bond motifs is 6. The van der Waals surface area contributed by atoms with Crippen LogP contribution < -0.4 is 18.9 Å². The van der Waals surface area contributed by atoms with Gasteiger partial charge < -0.3 is 18.9 Å².